The van der Waals surface area contributed by atoms with Gasteiger partial charge in [-0.3, -0.25) is 9.36 Å². The average molecular weight is 329 g/mol. The van der Waals surface area contributed by atoms with Gasteiger partial charge < -0.3 is 9.90 Å². The highest BCUT2D eigenvalue weighted by Crippen LogP contribution is 2.21. The molecular weight excluding hydrogens is 319 g/mol. The molecule has 1 heterocycles. The number of halogens is 1. The molecule has 0 bridgehead atoms. The minimum absolute atomic E-state index is 0.170. The third-order valence-electron chi connectivity index (χ3n) is 3.13. The number of hydrogen-bond acceptors (Lipinski definition) is 5. The summed E-state index contributed by atoms with van der Waals surface area (Å²) in [5, 5.41) is 11.3. The standard InChI is InChI=1S/C16H11FN2O3S/c17-10-4-3-5-11(8-10)19-15(22)12-6-1-2-7-13(12)18-16(19)23-9-14(20)21/h1-8H,9H2,(H,20,21)/p-1. The van der Waals surface area contributed by atoms with Crippen LogP contribution in [0.3, 0.4) is 0 Å². The summed E-state index contributed by atoms with van der Waals surface area (Å²) in [5.41, 5.74) is 0.349. The fourth-order valence-electron chi connectivity index (χ4n) is 2.18. The number of para-hydroxylation sites is 1. The summed E-state index contributed by atoms with van der Waals surface area (Å²) in [6.45, 7) is 0. The molecular formula is C16H10FN2O3S-. The van der Waals surface area contributed by atoms with Gasteiger partial charge in [-0.1, -0.05) is 30.0 Å². The molecule has 1 aromatic heterocycles. The number of carboxylic acid groups (broad SMARTS) is 1. The first-order valence-electron chi connectivity index (χ1n) is 6.66. The van der Waals surface area contributed by atoms with Gasteiger partial charge in [-0.05, 0) is 30.3 Å². The van der Waals surface area contributed by atoms with Crippen molar-refractivity contribution in [3.63, 3.8) is 0 Å². The second-order valence-electron chi connectivity index (χ2n) is 4.69. The van der Waals surface area contributed by atoms with Gasteiger partial charge in [-0.25, -0.2) is 9.37 Å². The Balaban J connectivity index is 2.27. The fourth-order valence-corrected chi connectivity index (χ4v) is 2.90. The molecule has 116 valence electrons. The fraction of sp³-hybridized carbons (Fsp3) is 0.0625. The number of aromatic nitrogens is 2. The summed E-state index contributed by atoms with van der Waals surface area (Å²) < 4.78 is 14.7. The van der Waals surface area contributed by atoms with Gasteiger partial charge in [0.1, 0.15) is 5.82 Å². The van der Waals surface area contributed by atoms with Gasteiger partial charge in [-0.2, -0.15) is 0 Å². The van der Waals surface area contributed by atoms with Gasteiger partial charge in [0.15, 0.2) is 5.16 Å². The number of rotatable bonds is 4. The number of carboxylic acids is 1. The zero-order valence-electron chi connectivity index (χ0n) is 11.7. The van der Waals surface area contributed by atoms with Crippen LogP contribution in [0.2, 0.25) is 0 Å². The van der Waals surface area contributed by atoms with Crippen molar-refractivity contribution in [2.45, 2.75) is 5.16 Å². The second kappa shape index (κ2) is 6.21. The molecule has 0 aliphatic carbocycles. The van der Waals surface area contributed by atoms with Crippen LogP contribution in [0.4, 0.5) is 4.39 Å². The van der Waals surface area contributed by atoms with Crippen molar-refractivity contribution in [1.82, 2.24) is 9.55 Å². The number of carbonyl (C=O) groups excluding carboxylic acids is 1. The molecule has 0 spiro atoms. The molecule has 0 aliphatic rings. The van der Waals surface area contributed by atoms with Crippen LogP contribution in [0.15, 0.2) is 58.5 Å². The molecule has 3 aromatic rings. The second-order valence-corrected chi connectivity index (χ2v) is 5.64. The lowest BCUT2D eigenvalue weighted by Gasteiger charge is -2.13. The first-order valence-corrected chi connectivity index (χ1v) is 7.65. The van der Waals surface area contributed by atoms with Gasteiger partial charge >= 0.3 is 0 Å². The summed E-state index contributed by atoms with van der Waals surface area (Å²) in [6, 6.07) is 12.2. The summed E-state index contributed by atoms with van der Waals surface area (Å²) in [7, 11) is 0. The van der Waals surface area contributed by atoms with E-state index in [0.717, 1.165) is 11.8 Å². The molecule has 3 rings (SSSR count). The molecule has 0 saturated heterocycles. The Labute approximate surface area is 134 Å². The van der Waals surface area contributed by atoms with Crippen molar-refractivity contribution in [3.05, 3.63) is 64.7 Å². The maximum absolute atomic E-state index is 13.5. The lowest BCUT2D eigenvalue weighted by Crippen LogP contribution is -2.26. The molecule has 0 radical (unpaired) electrons. The van der Waals surface area contributed by atoms with Crippen LogP contribution >= 0.6 is 11.8 Å². The highest BCUT2D eigenvalue weighted by Gasteiger charge is 2.13. The number of benzene rings is 2. The van der Waals surface area contributed by atoms with Crippen LogP contribution in [0.25, 0.3) is 16.6 Å². The van der Waals surface area contributed by atoms with E-state index >= 15 is 0 Å². The van der Waals surface area contributed by atoms with E-state index in [-0.39, 0.29) is 22.2 Å². The van der Waals surface area contributed by atoms with Crippen molar-refractivity contribution in [1.29, 1.82) is 0 Å². The van der Waals surface area contributed by atoms with Crippen LogP contribution in [0, 0.1) is 5.82 Å². The molecule has 7 heteroatoms. The van der Waals surface area contributed by atoms with Crippen molar-refractivity contribution in [2.75, 3.05) is 5.75 Å². The van der Waals surface area contributed by atoms with Gasteiger partial charge in [0.05, 0.1) is 22.6 Å². The molecule has 5 nitrogen and oxygen atoms in total. The monoisotopic (exact) mass is 329 g/mol. The molecule has 0 atom stereocenters. The van der Waals surface area contributed by atoms with E-state index in [1.54, 1.807) is 30.3 Å². The van der Waals surface area contributed by atoms with E-state index in [9.17, 15) is 19.1 Å². The topological polar surface area (TPSA) is 75.0 Å². The minimum Gasteiger partial charge on any atom is -0.549 e. The number of fused-ring (bicyclic) bond motifs is 1. The number of aliphatic carboxylic acids is 1. The highest BCUT2D eigenvalue weighted by atomic mass is 32.2. The first kappa shape index (κ1) is 15.2. The highest BCUT2D eigenvalue weighted by molar-refractivity contribution is 7.99. The van der Waals surface area contributed by atoms with Crippen molar-refractivity contribution < 1.29 is 14.3 Å². The summed E-state index contributed by atoms with van der Waals surface area (Å²) >= 11 is 0.852. The maximum atomic E-state index is 13.5. The number of hydrogen-bond donors (Lipinski definition) is 0. The largest absolute Gasteiger partial charge is 0.549 e. The van der Waals surface area contributed by atoms with E-state index in [0.29, 0.717) is 10.9 Å². The third-order valence-corrected chi connectivity index (χ3v) is 4.04. The van der Waals surface area contributed by atoms with Crippen LogP contribution < -0.4 is 10.7 Å². The lowest BCUT2D eigenvalue weighted by molar-refractivity contribution is -0.301. The smallest absolute Gasteiger partial charge is 0.266 e. The zero-order chi connectivity index (χ0) is 16.4. The SMILES string of the molecule is O=C([O-])CSc1nc2ccccc2c(=O)n1-c1cccc(F)c1. The van der Waals surface area contributed by atoms with E-state index in [4.69, 9.17) is 0 Å². The Kier molecular flexibility index (Phi) is 4.12. The summed E-state index contributed by atoms with van der Waals surface area (Å²) in [5.74, 6) is -2.14. The maximum Gasteiger partial charge on any atom is 0.266 e. The predicted octanol–water partition coefficient (Wildman–Crippen LogP) is 1.37. The summed E-state index contributed by atoms with van der Waals surface area (Å²) in [4.78, 5) is 27.8. The number of thioether (sulfide) groups is 1. The number of carbonyl (C=O) groups is 1. The number of nitrogens with zero attached hydrogens (tertiary/aromatic N) is 2. The quantitative estimate of drug-likeness (QED) is 0.534. The van der Waals surface area contributed by atoms with E-state index < -0.39 is 11.8 Å². The molecule has 2 aromatic carbocycles. The molecule has 0 unspecified atom stereocenters. The van der Waals surface area contributed by atoms with Gasteiger partial charge in [0.25, 0.3) is 5.56 Å². The first-order chi connectivity index (χ1) is 11.1. The van der Waals surface area contributed by atoms with Crippen molar-refractivity contribution in [3.8, 4) is 5.69 Å². The normalized spacial score (nSPS) is 10.8. The van der Waals surface area contributed by atoms with Crippen LogP contribution in [-0.2, 0) is 4.79 Å². The van der Waals surface area contributed by atoms with E-state index in [1.165, 1.54) is 22.8 Å². The minimum atomic E-state index is -1.27. The predicted molar refractivity (Wildman–Crippen MR) is 83.0 cm³/mol. The molecule has 0 aliphatic heterocycles. The van der Waals surface area contributed by atoms with E-state index in [1.807, 2.05) is 0 Å². The Morgan fingerprint density at radius 3 is 2.74 bits per heavy atom. The Morgan fingerprint density at radius 1 is 1.22 bits per heavy atom. The molecule has 23 heavy (non-hydrogen) atoms. The molecule has 0 saturated carbocycles. The Morgan fingerprint density at radius 2 is 2.00 bits per heavy atom. The van der Waals surface area contributed by atoms with Crippen LogP contribution in [0.5, 0.6) is 0 Å². The van der Waals surface area contributed by atoms with Gasteiger partial charge in [0.2, 0.25) is 0 Å². The van der Waals surface area contributed by atoms with Gasteiger partial charge in [-0.15, -0.1) is 0 Å². The van der Waals surface area contributed by atoms with Crippen molar-refractivity contribution in [2.24, 2.45) is 0 Å². The summed E-state index contributed by atoms with van der Waals surface area (Å²) in [6.07, 6.45) is 0. The van der Waals surface area contributed by atoms with Crippen molar-refractivity contribution >= 4 is 28.6 Å². The van der Waals surface area contributed by atoms with E-state index in [2.05, 4.69) is 4.98 Å². The molecule has 0 amide bonds. The lowest BCUT2D eigenvalue weighted by atomic mass is 10.2. The zero-order valence-corrected chi connectivity index (χ0v) is 12.5. The van der Waals surface area contributed by atoms with Crippen LogP contribution in [-0.4, -0.2) is 21.3 Å². The third kappa shape index (κ3) is 3.09. The Bertz CT molecular complexity index is 955. The average Bonchev–Trinajstić information content (AvgIpc) is 2.53. The van der Waals surface area contributed by atoms with Gasteiger partial charge in [0, 0.05) is 5.75 Å². The Hall–Kier alpha value is -2.67. The molecule has 0 fully saturated rings. The van der Waals surface area contributed by atoms with Crippen LogP contribution in [0.1, 0.15) is 0 Å². The molecule has 0 N–H and O–H groups in total.